The number of anilines is 1. The number of nitriles is 1. The minimum Gasteiger partial charge on any atom is -0.366 e. The predicted molar refractivity (Wildman–Crippen MR) is 74.0 cm³/mol. The number of hydrogen-bond donors (Lipinski definition) is 0. The first kappa shape index (κ1) is 12.1. The third kappa shape index (κ3) is 2.05. The zero-order chi connectivity index (χ0) is 12.6. The fraction of sp³-hybridized carbons (Fsp3) is 0.357. The van der Waals surface area contributed by atoms with Crippen LogP contribution in [-0.4, -0.2) is 12.6 Å². The highest BCUT2D eigenvalue weighted by Crippen LogP contribution is 2.39. The van der Waals surface area contributed by atoms with Gasteiger partial charge in [0.25, 0.3) is 0 Å². The molecule has 17 heavy (non-hydrogen) atoms. The molecule has 0 unspecified atom stereocenters. The number of benzene rings is 1. The van der Waals surface area contributed by atoms with Gasteiger partial charge >= 0.3 is 0 Å². The monoisotopic (exact) mass is 244 g/mol. The summed E-state index contributed by atoms with van der Waals surface area (Å²) in [4.78, 5) is 3.28. The van der Waals surface area contributed by atoms with E-state index in [1.165, 1.54) is 28.6 Å². The van der Waals surface area contributed by atoms with Gasteiger partial charge in [-0.2, -0.15) is 5.26 Å². The molecule has 0 atom stereocenters. The normalized spacial score (nSPS) is 17.1. The molecule has 0 N–H and O–H groups in total. The van der Waals surface area contributed by atoms with Gasteiger partial charge in [-0.3, -0.25) is 0 Å². The Morgan fingerprint density at radius 2 is 2.06 bits per heavy atom. The number of fused-ring (bicyclic) bond motifs is 1. The lowest BCUT2D eigenvalue weighted by Gasteiger charge is -2.40. The van der Waals surface area contributed by atoms with Crippen LogP contribution in [0.2, 0.25) is 0 Å². The minimum atomic E-state index is 0.0426. The van der Waals surface area contributed by atoms with E-state index in [4.69, 9.17) is 5.26 Å². The van der Waals surface area contributed by atoms with Crippen molar-refractivity contribution >= 4 is 23.0 Å². The van der Waals surface area contributed by atoms with Gasteiger partial charge in [0.05, 0.1) is 5.54 Å². The third-order valence-corrected chi connectivity index (χ3v) is 3.93. The van der Waals surface area contributed by atoms with E-state index in [-0.39, 0.29) is 5.54 Å². The Hall–Kier alpha value is -1.40. The molecule has 0 radical (unpaired) electrons. The van der Waals surface area contributed by atoms with Crippen molar-refractivity contribution < 1.29 is 0 Å². The van der Waals surface area contributed by atoms with Gasteiger partial charge in [0, 0.05) is 23.2 Å². The summed E-state index contributed by atoms with van der Waals surface area (Å²) in [6.45, 7) is 6.54. The number of allylic oxidation sites excluding steroid dienone is 1. The first-order valence-corrected chi connectivity index (χ1v) is 6.41. The summed E-state index contributed by atoms with van der Waals surface area (Å²) in [5, 5.41) is 10.8. The molecular formula is C14H16N2S. The maximum absolute atomic E-state index is 8.71. The van der Waals surface area contributed by atoms with Crippen molar-refractivity contribution in [1.82, 2.24) is 0 Å². The van der Waals surface area contributed by atoms with Crippen LogP contribution in [0.5, 0.6) is 0 Å². The Morgan fingerprint density at radius 3 is 2.71 bits per heavy atom. The molecule has 0 saturated heterocycles. The van der Waals surface area contributed by atoms with Crippen molar-refractivity contribution in [1.29, 1.82) is 5.26 Å². The van der Waals surface area contributed by atoms with E-state index in [0.29, 0.717) is 0 Å². The summed E-state index contributed by atoms with van der Waals surface area (Å²) < 4.78 is 0. The fourth-order valence-corrected chi connectivity index (χ4v) is 2.67. The van der Waals surface area contributed by atoms with Gasteiger partial charge in [0.1, 0.15) is 5.40 Å². The maximum atomic E-state index is 8.71. The van der Waals surface area contributed by atoms with Crippen LogP contribution in [0.1, 0.15) is 26.3 Å². The van der Waals surface area contributed by atoms with Crippen LogP contribution in [-0.2, 0) is 0 Å². The smallest absolute Gasteiger partial charge is 0.138 e. The Kier molecular flexibility index (Phi) is 2.92. The van der Waals surface area contributed by atoms with Gasteiger partial charge in [0.2, 0.25) is 0 Å². The van der Waals surface area contributed by atoms with Crippen LogP contribution in [0, 0.1) is 10.7 Å². The molecule has 1 aromatic rings. The molecule has 2 nitrogen and oxygen atoms in total. The van der Waals surface area contributed by atoms with E-state index in [1.54, 1.807) is 0 Å². The molecule has 0 saturated carbocycles. The van der Waals surface area contributed by atoms with Gasteiger partial charge in [0.15, 0.2) is 0 Å². The summed E-state index contributed by atoms with van der Waals surface area (Å²) in [6, 6.07) is 6.21. The fourth-order valence-electron chi connectivity index (χ4n) is 2.25. The molecule has 0 spiro atoms. The van der Waals surface area contributed by atoms with Gasteiger partial charge < -0.3 is 4.90 Å². The Balaban J connectivity index is 2.54. The molecule has 0 aliphatic carbocycles. The van der Waals surface area contributed by atoms with Crippen LogP contribution < -0.4 is 4.90 Å². The number of thiocyanates is 1. The molecule has 1 aromatic carbocycles. The van der Waals surface area contributed by atoms with Crippen molar-refractivity contribution in [2.75, 3.05) is 11.9 Å². The second-order valence-corrected chi connectivity index (χ2v) is 5.77. The second kappa shape index (κ2) is 4.12. The van der Waals surface area contributed by atoms with Gasteiger partial charge in [-0.25, -0.2) is 0 Å². The average Bonchev–Trinajstić information content (AvgIpc) is 2.26. The number of rotatable bonds is 1. The maximum Gasteiger partial charge on any atom is 0.138 e. The number of hydrogen-bond acceptors (Lipinski definition) is 3. The van der Waals surface area contributed by atoms with E-state index < -0.39 is 0 Å². The average molecular weight is 244 g/mol. The number of likely N-dealkylation sites (N-methyl/N-ethyl adjacent to an activating group) is 1. The predicted octanol–water partition coefficient (Wildman–Crippen LogP) is 3.89. The van der Waals surface area contributed by atoms with Gasteiger partial charge in [-0.15, -0.1) is 0 Å². The van der Waals surface area contributed by atoms with E-state index in [0.717, 1.165) is 4.90 Å². The largest absolute Gasteiger partial charge is 0.366 e. The SMILES string of the molecule is CC1=CC(C)(C)N(C)c2ccc(SC#N)cc21. The zero-order valence-electron chi connectivity index (χ0n) is 10.6. The molecule has 1 heterocycles. The molecule has 3 heteroatoms. The van der Waals surface area contributed by atoms with Gasteiger partial charge in [-0.05, 0) is 56.3 Å². The van der Waals surface area contributed by atoms with E-state index >= 15 is 0 Å². The molecule has 2 rings (SSSR count). The Bertz CT molecular complexity index is 524. The van der Waals surface area contributed by atoms with Crippen LogP contribution in [0.4, 0.5) is 5.69 Å². The van der Waals surface area contributed by atoms with E-state index in [1.807, 2.05) is 6.07 Å². The lowest BCUT2D eigenvalue weighted by molar-refractivity contribution is 0.597. The summed E-state index contributed by atoms with van der Waals surface area (Å²) in [6.07, 6.45) is 2.27. The first-order valence-electron chi connectivity index (χ1n) is 5.59. The number of nitrogens with zero attached hydrogens (tertiary/aromatic N) is 2. The number of thioether (sulfide) groups is 1. The molecule has 0 fully saturated rings. The summed E-state index contributed by atoms with van der Waals surface area (Å²) in [7, 11) is 2.11. The molecule has 0 aromatic heterocycles. The molecule has 1 aliphatic rings. The topological polar surface area (TPSA) is 27.0 Å². The molecule has 0 bridgehead atoms. The van der Waals surface area contributed by atoms with Crippen LogP contribution in [0.15, 0.2) is 29.2 Å². The molecule has 1 aliphatic heterocycles. The summed E-state index contributed by atoms with van der Waals surface area (Å²) in [5.74, 6) is 0. The highest BCUT2D eigenvalue weighted by molar-refractivity contribution is 8.03. The van der Waals surface area contributed by atoms with E-state index in [9.17, 15) is 0 Å². The van der Waals surface area contributed by atoms with Crippen molar-refractivity contribution in [2.45, 2.75) is 31.2 Å². The van der Waals surface area contributed by atoms with Gasteiger partial charge in [-0.1, -0.05) is 6.08 Å². The van der Waals surface area contributed by atoms with Crippen LogP contribution >= 0.6 is 11.8 Å². The van der Waals surface area contributed by atoms with Crippen molar-refractivity contribution in [2.24, 2.45) is 0 Å². The third-order valence-electron chi connectivity index (χ3n) is 3.35. The lowest BCUT2D eigenvalue weighted by atomic mass is 9.89. The summed E-state index contributed by atoms with van der Waals surface area (Å²) >= 11 is 1.21. The molecule has 0 amide bonds. The molecule has 88 valence electrons. The quantitative estimate of drug-likeness (QED) is 0.554. The van der Waals surface area contributed by atoms with Crippen molar-refractivity contribution in [3.63, 3.8) is 0 Å². The molecular weight excluding hydrogens is 228 g/mol. The first-order chi connectivity index (χ1) is 7.95. The van der Waals surface area contributed by atoms with Crippen LogP contribution in [0.25, 0.3) is 5.57 Å². The standard InChI is InChI=1S/C14H16N2S/c1-10-8-14(2,3)16(4)13-6-5-11(17-9-15)7-12(10)13/h5-8H,1-4H3. The second-order valence-electron chi connectivity index (χ2n) is 4.91. The zero-order valence-corrected chi connectivity index (χ0v) is 11.4. The van der Waals surface area contributed by atoms with Crippen molar-refractivity contribution in [3.8, 4) is 5.40 Å². The van der Waals surface area contributed by atoms with Crippen LogP contribution in [0.3, 0.4) is 0 Å². The summed E-state index contributed by atoms with van der Waals surface area (Å²) in [5.41, 5.74) is 3.79. The Labute approximate surface area is 107 Å². The Morgan fingerprint density at radius 1 is 1.35 bits per heavy atom. The highest BCUT2D eigenvalue weighted by atomic mass is 32.2. The van der Waals surface area contributed by atoms with E-state index in [2.05, 4.69) is 56.3 Å². The lowest BCUT2D eigenvalue weighted by Crippen LogP contribution is -2.41. The minimum absolute atomic E-state index is 0.0426. The highest BCUT2D eigenvalue weighted by Gasteiger charge is 2.28. The van der Waals surface area contributed by atoms with Crippen molar-refractivity contribution in [3.05, 3.63) is 29.8 Å².